The van der Waals surface area contributed by atoms with E-state index < -0.39 is 0 Å². The van der Waals surface area contributed by atoms with E-state index in [4.69, 9.17) is 4.74 Å². The normalized spacial score (nSPS) is 15.5. The minimum Gasteiger partial charge on any atom is -0.381 e. The van der Waals surface area contributed by atoms with Gasteiger partial charge in [-0.15, -0.1) is 0 Å². The number of nitrogens with one attached hydrogen (secondary N) is 1. The summed E-state index contributed by atoms with van der Waals surface area (Å²) in [6, 6.07) is 3.58. The second-order valence-corrected chi connectivity index (χ2v) is 5.33. The highest BCUT2D eigenvalue weighted by Gasteiger charge is 2.15. The molecule has 2 aromatic rings. The van der Waals surface area contributed by atoms with Crippen molar-refractivity contribution in [3.05, 3.63) is 42.6 Å². The summed E-state index contributed by atoms with van der Waals surface area (Å²) in [5.41, 5.74) is 2.14. The van der Waals surface area contributed by atoms with E-state index in [-0.39, 0.29) is 5.91 Å². The zero-order valence-electron chi connectivity index (χ0n) is 12.2. The molecule has 0 radical (unpaired) electrons. The maximum absolute atomic E-state index is 12.1. The SMILES string of the molecule is O=C(NCC1CCOCC1)c1ccc(-c2cncnc2)nc1. The molecule has 1 saturated heterocycles. The van der Waals surface area contributed by atoms with Crippen LogP contribution >= 0.6 is 0 Å². The monoisotopic (exact) mass is 298 g/mol. The Morgan fingerprint density at radius 2 is 1.95 bits per heavy atom. The Kier molecular flexibility index (Phi) is 4.70. The standard InChI is InChI=1S/C16H18N4O2/c21-16(20-7-12-3-5-22-6-4-12)13-1-2-15(19-10-13)14-8-17-11-18-9-14/h1-2,8-12H,3-7H2,(H,20,21). The number of aromatic nitrogens is 3. The third-order valence-corrected chi connectivity index (χ3v) is 3.77. The number of rotatable bonds is 4. The maximum atomic E-state index is 12.1. The molecule has 0 unspecified atom stereocenters. The molecular weight excluding hydrogens is 280 g/mol. The van der Waals surface area contributed by atoms with Crippen LogP contribution in [0.25, 0.3) is 11.3 Å². The first-order valence-corrected chi connectivity index (χ1v) is 7.40. The molecule has 0 aliphatic carbocycles. The van der Waals surface area contributed by atoms with Crippen LogP contribution in [0.15, 0.2) is 37.1 Å². The van der Waals surface area contributed by atoms with Crippen LogP contribution in [0.3, 0.4) is 0 Å². The lowest BCUT2D eigenvalue weighted by atomic mass is 10.0. The van der Waals surface area contributed by atoms with Crippen LogP contribution in [0.4, 0.5) is 0 Å². The van der Waals surface area contributed by atoms with Crippen LogP contribution in [0.1, 0.15) is 23.2 Å². The van der Waals surface area contributed by atoms with Crippen molar-refractivity contribution in [2.24, 2.45) is 5.92 Å². The summed E-state index contributed by atoms with van der Waals surface area (Å²) in [5, 5.41) is 2.97. The Balaban J connectivity index is 1.59. The van der Waals surface area contributed by atoms with Crippen molar-refractivity contribution in [2.75, 3.05) is 19.8 Å². The molecule has 2 aromatic heterocycles. The van der Waals surface area contributed by atoms with E-state index in [9.17, 15) is 4.79 Å². The van der Waals surface area contributed by atoms with E-state index in [1.165, 1.54) is 6.33 Å². The van der Waals surface area contributed by atoms with Gasteiger partial charge in [0.15, 0.2) is 0 Å². The van der Waals surface area contributed by atoms with Crippen LogP contribution in [0.5, 0.6) is 0 Å². The number of nitrogens with zero attached hydrogens (tertiary/aromatic N) is 3. The lowest BCUT2D eigenvalue weighted by molar-refractivity contribution is 0.0642. The van der Waals surface area contributed by atoms with Crippen LogP contribution in [-0.4, -0.2) is 40.6 Å². The van der Waals surface area contributed by atoms with Crippen LogP contribution < -0.4 is 5.32 Å². The summed E-state index contributed by atoms with van der Waals surface area (Å²) in [7, 11) is 0. The van der Waals surface area contributed by atoms with E-state index in [0.29, 0.717) is 18.0 Å². The molecule has 1 aliphatic rings. The fraction of sp³-hybridized carbons (Fsp3) is 0.375. The van der Waals surface area contributed by atoms with Gasteiger partial charge in [-0.05, 0) is 30.9 Å². The Morgan fingerprint density at radius 3 is 2.64 bits per heavy atom. The maximum Gasteiger partial charge on any atom is 0.252 e. The van der Waals surface area contributed by atoms with Crippen molar-refractivity contribution in [2.45, 2.75) is 12.8 Å². The molecular formula is C16H18N4O2. The molecule has 0 saturated carbocycles. The molecule has 0 bridgehead atoms. The van der Waals surface area contributed by atoms with Crippen LogP contribution in [0, 0.1) is 5.92 Å². The third kappa shape index (κ3) is 3.65. The summed E-state index contributed by atoms with van der Waals surface area (Å²) in [4.78, 5) is 24.4. The highest BCUT2D eigenvalue weighted by Crippen LogP contribution is 2.15. The number of carbonyl (C=O) groups is 1. The van der Waals surface area contributed by atoms with Gasteiger partial charge in [-0.1, -0.05) is 0 Å². The highest BCUT2D eigenvalue weighted by molar-refractivity contribution is 5.94. The van der Waals surface area contributed by atoms with Crippen molar-refractivity contribution in [1.82, 2.24) is 20.3 Å². The summed E-state index contributed by atoms with van der Waals surface area (Å²) < 4.78 is 5.31. The molecule has 6 heteroatoms. The zero-order valence-corrected chi connectivity index (χ0v) is 12.2. The smallest absolute Gasteiger partial charge is 0.252 e. The molecule has 1 fully saturated rings. The summed E-state index contributed by atoms with van der Waals surface area (Å²) >= 11 is 0. The van der Waals surface area contributed by atoms with Gasteiger partial charge < -0.3 is 10.1 Å². The lowest BCUT2D eigenvalue weighted by Crippen LogP contribution is -2.32. The quantitative estimate of drug-likeness (QED) is 0.929. The molecule has 0 atom stereocenters. The van der Waals surface area contributed by atoms with Gasteiger partial charge in [0.05, 0.1) is 11.3 Å². The van der Waals surface area contributed by atoms with E-state index in [0.717, 1.165) is 37.3 Å². The average molecular weight is 298 g/mol. The number of hydrogen-bond donors (Lipinski definition) is 1. The number of ether oxygens (including phenoxy) is 1. The summed E-state index contributed by atoms with van der Waals surface area (Å²) in [6.45, 7) is 2.27. The van der Waals surface area contributed by atoms with Crippen molar-refractivity contribution >= 4 is 5.91 Å². The minimum absolute atomic E-state index is 0.0881. The zero-order chi connectivity index (χ0) is 15.2. The molecule has 0 spiro atoms. The number of pyridine rings is 1. The first-order chi connectivity index (χ1) is 10.8. The molecule has 6 nitrogen and oxygen atoms in total. The Hall–Kier alpha value is -2.34. The second-order valence-electron chi connectivity index (χ2n) is 5.33. The Bertz CT molecular complexity index is 610. The van der Waals surface area contributed by atoms with Gasteiger partial charge in [0.1, 0.15) is 6.33 Å². The van der Waals surface area contributed by atoms with Gasteiger partial charge in [-0.2, -0.15) is 0 Å². The van der Waals surface area contributed by atoms with E-state index in [2.05, 4.69) is 20.3 Å². The average Bonchev–Trinajstić information content (AvgIpc) is 2.61. The molecule has 3 heterocycles. The summed E-state index contributed by atoms with van der Waals surface area (Å²) in [6.07, 6.45) is 8.46. The number of hydrogen-bond acceptors (Lipinski definition) is 5. The van der Waals surface area contributed by atoms with Crippen LogP contribution in [0.2, 0.25) is 0 Å². The van der Waals surface area contributed by atoms with Crippen molar-refractivity contribution in [3.8, 4) is 11.3 Å². The largest absolute Gasteiger partial charge is 0.381 e. The van der Waals surface area contributed by atoms with Gasteiger partial charge in [0.25, 0.3) is 5.91 Å². The fourth-order valence-electron chi connectivity index (χ4n) is 2.42. The molecule has 3 rings (SSSR count). The fourth-order valence-corrected chi connectivity index (χ4v) is 2.42. The van der Waals surface area contributed by atoms with Gasteiger partial charge in [-0.25, -0.2) is 9.97 Å². The highest BCUT2D eigenvalue weighted by atomic mass is 16.5. The van der Waals surface area contributed by atoms with E-state index >= 15 is 0 Å². The first kappa shape index (κ1) is 14.6. The number of carbonyl (C=O) groups excluding carboxylic acids is 1. The topological polar surface area (TPSA) is 77.0 Å². The minimum atomic E-state index is -0.0881. The second kappa shape index (κ2) is 7.09. The molecule has 1 aliphatic heterocycles. The van der Waals surface area contributed by atoms with Crippen molar-refractivity contribution in [3.63, 3.8) is 0 Å². The van der Waals surface area contributed by atoms with Crippen LogP contribution in [-0.2, 0) is 4.74 Å². The lowest BCUT2D eigenvalue weighted by Gasteiger charge is -2.22. The molecule has 0 aromatic carbocycles. The predicted octanol–water partition coefficient (Wildman–Crippen LogP) is 1.70. The van der Waals surface area contributed by atoms with Gasteiger partial charge in [0.2, 0.25) is 0 Å². The Labute approximate surface area is 129 Å². The van der Waals surface area contributed by atoms with Crippen molar-refractivity contribution < 1.29 is 9.53 Å². The molecule has 114 valence electrons. The first-order valence-electron chi connectivity index (χ1n) is 7.40. The predicted molar refractivity (Wildman–Crippen MR) is 81.1 cm³/mol. The van der Waals surface area contributed by atoms with E-state index in [1.54, 1.807) is 24.7 Å². The summed E-state index contributed by atoms with van der Waals surface area (Å²) in [5.74, 6) is 0.418. The van der Waals surface area contributed by atoms with Crippen molar-refractivity contribution in [1.29, 1.82) is 0 Å². The van der Waals surface area contributed by atoms with Gasteiger partial charge >= 0.3 is 0 Å². The third-order valence-electron chi connectivity index (χ3n) is 3.77. The molecule has 1 amide bonds. The van der Waals surface area contributed by atoms with Gasteiger partial charge in [0, 0.05) is 43.9 Å². The Morgan fingerprint density at radius 1 is 1.18 bits per heavy atom. The van der Waals surface area contributed by atoms with Gasteiger partial charge in [-0.3, -0.25) is 9.78 Å². The molecule has 22 heavy (non-hydrogen) atoms. The number of amides is 1. The van der Waals surface area contributed by atoms with E-state index in [1.807, 2.05) is 6.07 Å². The molecule has 1 N–H and O–H groups in total.